The molecule has 2 unspecified atom stereocenters. The second-order valence-electron chi connectivity index (χ2n) is 4.64. The molecule has 19 heavy (non-hydrogen) atoms. The zero-order valence-electron chi connectivity index (χ0n) is 11.3. The number of aromatic nitrogens is 2. The summed E-state index contributed by atoms with van der Waals surface area (Å²) in [5.41, 5.74) is 0. The highest BCUT2D eigenvalue weighted by Crippen LogP contribution is 2.27. The minimum Gasteiger partial charge on any atom is -0.360 e. The first kappa shape index (κ1) is 14.6. The van der Waals surface area contributed by atoms with E-state index in [9.17, 15) is 4.79 Å². The Morgan fingerprint density at radius 2 is 2.32 bits per heavy atom. The first-order chi connectivity index (χ1) is 9.22. The van der Waals surface area contributed by atoms with E-state index in [0.29, 0.717) is 15.4 Å². The fraction of sp³-hybridized carbons (Fsp3) is 0.750. The molecule has 0 aromatic carbocycles. The number of hydrogen-bond acceptors (Lipinski definition) is 6. The zero-order valence-corrected chi connectivity index (χ0v) is 12.9. The monoisotopic (exact) mass is 300 g/mol. The standard InChI is InChI=1S/C12H20N4OS2/c1-3-13-12-16-15-11(19-12)10(17)14-8-5-4-6-9(7-8)18-2/h8-9H,3-7H2,1-2H3,(H,13,16)(H,14,17). The lowest BCUT2D eigenvalue weighted by Gasteiger charge is -2.28. The fourth-order valence-electron chi connectivity index (χ4n) is 2.27. The molecule has 5 nitrogen and oxygen atoms in total. The molecular weight excluding hydrogens is 280 g/mol. The summed E-state index contributed by atoms with van der Waals surface area (Å²) in [7, 11) is 0. The molecule has 1 aromatic heterocycles. The Kier molecular flexibility index (Phi) is 5.45. The largest absolute Gasteiger partial charge is 0.360 e. The highest BCUT2D eigenvalue weighted by Gasteiger charge is 2.24. The lowest BCUT2D eigenvalue weighted by molar-refractivity contribution is 0.0927. The molecule has 0 aliphatic heterocycles. The summed E-state index contributed by atoms with van der Waals surface area (Å²) in [5.74, 6) is -0.0894. The van der Waals surface area contributed by atoms with Crippen molar-refractivity contribution in [3.05, 3.63) is 5.01 Å². The van der Waals surface area contributed by atoms with Crippen molar-refractivity contribution < 1.29 is 4.79 Å². The number of amides is 1. The van der Waals surface area contributed by atoms with E-state index in [0.717, 1.165) is 19.4 Å². The third-order valence-corrected chi connectivity index (χ3v) is 5.22. The molecule has 0 spiro atoms. The number of hydrogen-bond donors (Lipinski definition) is 2. The van der Waals surface area contributed by atoms with Gasteiger partial charge in [0.25, 0.3) is 5.91 Å². The summed E-state index contributed by atoms with van der Waals surface area (Å²) in [6.45, 7) is 2.78. The fourth-order valence-corrected chi connectivity index (χ4v) is 3.82. The van der Waals surface area contributed by atoms with Crippen LogP contribution >= 0.6 is 23.1 Å². The SMILES string of the molecule is CCNc1nnc(C(=O)NC2CCCC(SC)C2)s1. The maximum atomic E-state index is 12.1. The topological polar surface area (TPSA) is 66.9 Å². The van der Waals surface area contributed by atoms with Crippen LogP contribution in [0, 0.1) is 0 Å². The Balaban J connectivity index is 1.88. The Morgan fingerprint density at radius 1 is 1.47 bits per heavy atom. The van der Waals surface area contributed by atoms with Crippen LogP contribution in [0.1, 0.15) is 42.4 Å². The van der Waals surface area contributed by atoms with Crippen molar-refractivity contribution in [2.45, 2.75) is 43.9 Å². The number of thioether (sulfide) groups is 1. The normalized spacial score (nSPS) is 23.1. The Labute approximate surface area is 122 Å². The van der Waals surface area contributed by atoms with Crippen molar-refractivity contribution in [3.63, 3.8) is 0 Å². The number of carbonyl (C=O) groups excluding carboxylic acids is 1. The average Bonchev–Trinajstić information content (AvgIpc) is 2.88. The van der Waals surface area contributed by atoms with Crippen molar-refractivity contribution in [2.24, 2.45) is 0 Å². The molecule has 1 heterocycles. The molecule has 1 aliphatic rings. The van der Waals surface area contributed by atoms with Gasteiger partial charge in [0.05, 0.1) is 0 Å². The van der Waals surface area contributed by atoms with E-state index in [1.54, 1.807) is 0 Å². The van der Waals surface area contributed by atoms with Gasteiger partial charge in [-0.3, -0.25) is 4.79 Å². The van der Waals surface area contributed by atoms with E-state index in [1.807, 2.05) is 18.7 Å². The molecule has 1 saturated carbocycles. The van der Waals surface area contributed by atoms with Crippen LogP contribution in [0.4, 0.5) is 5.13 Å². The lowest BCUT2D eigenvalue weighted by Crippen LogP contribution is -2.39. The van der Waals surface area contributed by atoms with Crippen LogP contribution in [-0.2, 0) is 0 Å². The summed E-state index contributed by atoms with van der Waals surface area (Å²) in [6.07, 6.45) is 6.72. The highest BCUT2D eigenvalue weighted by atomic mass is 32.2. The first-order valence-corrected chi connectivity index (χ1v) is 8.74. The number of rotatable bonds is 5. The van der Waals surface area contributed by atoms with E-state index in [2.05, 4.69) is 27.1 Å². The van der Waals surface area contributed by atoms with Gasteiger partial charge in [-0.1, -0.05) is 17.8 Å². The smallest absolute Gasteiger partial charge is 0.282 e. The Morgan fingerprint density at radius 3 is 3.05 bits per heavy atom. The van der Waals surface area contributed by atoms with Crippen molar-refractivity contribution in [3.8, 4) is 0 Å². The van der Waals surface area contributed by atoms with E-state index >= 15 is 0 Å². The van der Waals surface area contributed by atoms with Crippen molar-refractivity contribution >= 4 is 34.1 Å². The van der Waals surface area contributed by atoms with Gasteiger partial charge in [0, 0.05) is 17.8 Å². The minimum absolute atomic E-state index is 0.0894. The van der Waals surface area contributed by atoms with Crippen LogP contribution in [0.25, 0.3) is 0 Å². The van der Waals surface area contributed by atoms with Gasteiger partial charge in [0.1, 0.15) is 0 Å². The average molecular weight is 300 g/mol. The van der Waals surface area contributed by atoms with E-state index < -0.39 is 0 Å². The van der Waals surface area contributed by atoms with Gasteiger partial charge in [-0.2, -0.15) is 11.8 Å². The summed E-state index contributed by atoms with van der Waals surface area (Å²) < 4.78 is 0. The number of carbonyl (C=O) groups is 1. The van der Waals surface area contributed by atoms with E-state index in [4.69, 9.17) is 0 Å². The summed E-state index contributed by atoms with van der Waals surface area (Å²) in [4.78, 5) is 12.1. The summed E-state index contributed by atoms with van der Waals surface area (Å²) in [5, 5.41) is 15.8. The number of nitrogens with one attached hydrogen (secondary N) is 2. The van der Waals surface area contributed by atoms with Crippen molar-refractivity contribution in [1.82, 2.24) is 15.5 Å². The molecule has 1 fully saturated rings. The van der Waals surface area contributed by atoms with E-state index in [1.165, 1.54) is 24.2 Å². The maximum absolute atomic E-state index is 12.1. The van der Waals surface area contributed by atoms with Crippen molar-refractivity contribution in [2.75, 3.05) is 18.1 Å². The van der Waals surface area contributed by atoms with Gasteiger partial charge in [-0.15, -0.1) is 10.2 Å². The second-order valence-corrected chi connectivity index (χ2v) is 6.75. The molecule has 0 radical (unpaired) electrons. The molecule has 1 aromatic rings. The molecule has 2 rings (SSSR count). The quantitative estimate of drug-likeness (QED) is 0.874. The molecule has 2 atom stereocenters. The predicted octanol–water partition coefficient (Wildman–Crippen LogP) is 2.37. The van der Waals surface area contributed by atoms with Crippen LogP contribution < -0.4 is 10.6 Å². The first-order valence-electron chi connectivity index (χ1n) is 6.64. The Hall–Kier alpha value is -0.820. The van der Waals surface area contributed by atoms with Crippen LogP contribution in [-0.4, -0.2) is 40.2 Å². The van der Waals surface area contributed by atoms with Gasteiger partial charge in [0.15, 0.2) is 0 Å². The molecule has 0 saturated heterocycles. The Bertz CT molecular complexity index is 424. The lowest BCUT2D eigenvalue weighted by atomic mass is 9.95. The van der Waals surface area contributed by atoms with Gasteiger partial charge in [-0.05, 0) is 32.4 Å². The van der Waals surface area contributed by atoms with Crippen LogP contribution in [0.5, 0.6) is 0 Å². The highest BCUT2D eigenvalue weighted by molar-refractivity contribution is 7.99. The van der Waals surface area contributed by atoms with Gasteiger partial charge in [0.2, 0.25) is 10.1 Å². The van der Waals surface area contributed by atoms with Crippen LogP contribution in [0.3, 0.4) is 0 Å². The molecule has 0 bridgehead atoms. The minimum atomic E-state index is -0.0894. The van der Waals surface area contributed by atoms with Crippen molar-refractivity contribution in [1.29, 1.82) is 0 Å². The molecule has 1 amide bonds. The van der Waals surface area contributed by atoms with Gasteiger partial charge < -0.3 is 10.6 Å². The maximum Gasteiger partial charge on any atom is 0.282 e. The molecule has 1 aliphatic carbocycles. The van der Waals surface area contributed by atoms with Crippen LogP contribution in [0.15, 0.2) is 0 Å². The molecule has 106 valence electrons. The summed E-state index contributed by atoms with van der Waals surface area (Å²) >= 11 is 3.21. The third-order valence-electron chi connectivity index (χ3n) is 3.24. The van der Waals surface area contributed by atoms with E-state index in [-0.39, 0.29) is 11.9 Å². The molecular formula is C12H20N4OS2. The predicted molar refractivity (Wildman–Crippen MR) is 81.1 cm³/mol. The number of nitrogens with zero attached hydrogens (tertiary/aromatic N) is 2. The second kappa shape index (κ2) is 7.09. The summed E-state index contributed by atoms with van der Waals surface area (Å²) in [6, 6.07) is 0.283. The zero-order chi connectivity index (χ0) is 13.7. The van der Waals surface area contributed by atoms with Gasteiger partial charge in [-0.25, -0.2) is 0 Å². The van der Waals surface area contributed by atoms with Crippen LogP contribution in [0.2, 0.25) is 0 Å². The molecule has 7 heteroatoms. The number of anilines is 1. The third kappa shape index (κ3) is 4.07. The molecule has 2 N–H and O–H groups in total. The van der Waals surface area contributed by atoms with Gasteiger partial charge >= 0.3 is 0 Å².